The van der Waals surface area contributed by atoms with E-state index < -0.39 is 0 Å². The van der Waals surface area contributed by atoms with Gasteiger partial charge in [-0.3, -0.25) is 0 Å². The van der Waals surface area contributed by atoms with Gasteiger partial charge in [-0.05, 0) is 17.7 Å². The van der Waals surface area contributed by atoms with Gasteiger partial charge in [-0.2, -0.15) is 0 Å². The SMILES string of the molecule is C=C(COC)c1ccc(O)cc1O.[Ac].[Ac]. The van der Waals surface area contributed by atoms with E-state index in [2.05, 4.69) is 6.58 Å². The van der Waals surface area contributed by atoms with E-state index in [1.165, 1.54) is 12.1 Å². The molecular weight excluding hydrogens is 622 g/mol. The zero-order valence-corrected chi connectivity index (χ0v) is 18.1. The zero-order valence-electron chi connectivity index (χ0n) is 8.60. The van der Waals surface area contributed by atoms with Crippen molar-refractivity contribution < 1.29 is 103 Å². The van der Waals surface area contributed by atoms with Crippen LogP contribution in [0.4, 0.5) is 0 Å². The number of rotatable bonds is 3. The Hall–Kier alpha value is 1.40. The van der Waals surface area contributed by atoms with Gasteiger partial charge in [-0.25, -0.2) is 0 Å². The topological polar surface area (TPSA) is 49.7 Å². The van der Waals surface area contributed by atoms with E-state index in [-0.39, 0.29) is 99.6 Å². The van der Waals surface area contributed by atoms with E-state index in [9.17, 15) is 5.11 Å². The molecule has 1 aromatic carbocycles. The average Bonchev–Trinajstić information content (AvgIpc) is 2.04. The summed E-state index contributed by atoms with van der Waals surface area (Å²) in [5.41, 5.74) is 1.28. The van der Waals surface area contributed by atoms with Crippen LogP contribution in [0.25, 0.3) is 5.57 Å². The summed E-state index contributed by atoms with van der Waals surface area (Å²) in [5, 5.41) is 18.4. The zero-order chi connectivity index (χ0) is 9.84. The Morgan fingerprint density at radius 1 is 1.33 bits per heavy atom. The van der Waals surface area contributed by atoms with Crippen LogP contribution in [-0.2, 0) is 4.74 Å². The van der Waals surface area contributed by atoms with Crippen molar-refractivity contribution in [3.63, 3.8) is 0 Å². The summed E-state index contributed by atoms with van der Waals surface area (Å²) in [5.74, 6) is 0.0496. The Kier molecular flexibility index (Phi) is 11.8. The summed E-state index contributed by atoms with van der Waals surface area (Å²) in [6.07, 6.45) is 0. The van der Waals surface area contributed by atoms with Crippen LogP contribution in [0.15, 0.2) is 24.8 Å². The Labute approximate surface area is 161 Å². The largest absolute Gasteiger partial charge is 0.508 e. The second kappa shape index (κ2) is 9.43. The molecule has 0 saturated heterocycles. The summed E-state index contributed by atoms with van der Waals surface area (Å²) in [6.45, 7) is 4.10. The van der Waals surface area contributed by atoms with Gasteiger partial charge in [0.15, 0.2) is 0 Å². The van der Waals surface area contributed by atoms with Crippen molar-refractivity contribution >= 4 is 5.57 Å². The maximum absolute atomic E-state index is 9.41. The predicted molar refractivity (Wildman–Crippen MR) is 50.7 cm³/mol. The number of phenolic OH excluding ortho intramolecular Hbond substituents is 2. The number of hydrogen-bond acceptors (Lipinski definition) is 3. The Morgan fingerprint density at radius 3 is 2.40 bits per heavy atom. The van der Waals surface area contributed by atoms with E-state index >= 15 is 0 Å². The van der Waals surface area contributed by atoms with E-state index in [1.807, 2.05) is 0 Å². The molecule has 15 heavy (non-hydrogen) atoms. The first-order valence-electron chi connectivity index (χ1n) is 3.84. The van der Waals surface area contributed by atoms with Crippen molar-refractivity contribution in [2.45, 2.75) is 0 Å². The van der Waals surface area contributed by atoms with Crippen LogP contribution in [0.5, 0.6) is 11.5 Å². The standard InChI is InChI=1S/C10H12O3.2Ac/c1-7(6-13-2)9-4-3-8(11)5-10(9)12;;/h3-5,11-12H,1,6H2,2H3;;. The molecule has 1 aromatic rings. The van der Waals surface area contributed by atoms with E-state index in [0.717, 1.165) is 0 Å². The third-order valence-electron chi connectivity index (χ3n) is 1.68. The number of benzene rings is 1. The van der Waals surface area contributed by atoms with Gasteiger partial charge in [-0.1, -0.05) is 6.58 Å². The van der Waals surface area contributed by atoms with Crippen molar-refractivity contribution in [2.75, 3.05) is 13.7 Å². The molecule has 0 spiro atoms. The van der Waals surface area contributed by atoms with Gasteiger partial charge >= 0.3 is 0 Å². The van der Waals surface area contributed by atoms with Crippen molar-refractivity contribution in [3.05, 3.63) is 30.3 Å². The summed E-state index contributed by atoms with van der Waals surface area (Å²) >= 11 is 0. The molecule has 2 N–H and O–H groups in total. The van der Waals surface area contributed by atoms with Crippen molar-refractivity contribution in [2.24, 2.45) is 0 Å². The van der Waals surface area contributed by atoms with Gasteiger partial charge in [-0.15, -0.1) is 0 Å². The summed E-state index contributed by atoms with van der Waals surface area (Å²) in [7, 11) is 1.56. The molecule has 0 aliphatic rings. The van der Waals surface area contributed by atoms with Gasteiger partial charge in [0, 0.05) is 107 Å². The van der Waals surface area contributed by atoms with Gasteiger partial charge in [0.25, 0.3) is 0 Å². The molecule has 0 aliphatic heterocycles. The van der Waals surface area contributed by atoms with Crippen LogP contribution in [0.1, 0.15) is 5.56 Å². The molecule has 3 nitrogen and oxygen atoms in total. The maximum atomic E-state index is 9.41. The Bertz CT molecular complexity index is 326. The fourth-order valence-electron chi connectivity index (χ4n) is 1.07. The third-order valence-corrected chi connectivity index (χ3v) is 1.68. The van der Waals surface area contributed by atoms with Gasteiger partial charge < -0.3 is 14.9 Å². The second-order valence-electron chi connectivity index (χ2n) is 2.74. The van der Waals surface area contributed by atoms with Crippen LogP contribution in [-0.4, -0.2) is 23.9 Å². The predicted octanol–water partition coefficient (Wildman–Crippen LogP) is 1.76. The minimum Gasteiger partial charge on any atom is -0.508 e. The fraction of sp³-hybridized carbons (Fsp3) is 0.200. The molecule has 0 bridgehead atoms. The molecule has 0 saturated carbocycles. The quantitative estimate of drug-likeness (QED) is 0.534. The second-order valence-corrected chi connectivity index (χ2v) is 2.74. The van der Waals surface area contributed by atoms with Crippen molar-refractivity contribution in [1.82, 2.24) is 0 Å². The first-order chi connectivity index (χ1) is 6.15. The molecule has 2 radical (unpaired) electrons. The third kappa shape index (κ3) is 6.04. The number of ether oxygens (including phenoxy) is 1. The molecule has 5 heteroatoms. The molecule has 0 aliphatic carbocycles. The van der Waals surface area contributed by atoms with Gasteiger partial charge in [0.1, 0.15) is 11.5 Å². The smallest absolute Gasteiger partial charge is 0.126 e. The fourth-order valence-corrected chi connectivity index (χ4v) is 1.07. The van der Waals surface area contributed by atoms with E-state index in [1.54, 1.807) is 13.2 Å². The molecule has 0 amide bonds. The molecule has 76 valence electrons. The first kappa shape index (κ1) is 18.8. The number of phenols is 2. The van der Waals surface area contributed by atoms with Gasteiger partial charge in [0.05, 0.1) is 6.61 Å². The molecule has 0 aromatic heterocycles. The molecule has 0 fully saturated rings. The van der Waals surface area contributed by atoms with E-state index in [4.69, 9.17) is 9.84 Å². The normalized spacial score (nSPS) is 8.60. The molecule has 0 unspecified atom stereocenters. The Morgan fingerprint density at radius 2 is 1.93 bits per heavy atom. The monoisotopic (exact) mass is 634 g/mol. The summed E-state index contributed by atoms with van der Waals surface area (Å²) < 4.78 is 4.87. The number of hydrogen-bond donors (Lipinski definition) is 2. The molecule has 0 heterocycles. The molecular formula is C10H12Ac2O3. The van der Waals surface area contributed by atoms with Crippen LogP contribution >= 0.6 is 0 Å². The first-order valence-corrected chi connectivity index (χ1v) is 3.84. The molecule has 1 rings (SSSR count). The minimum absolute atomic E-state index is 0. The van der Waals surface area contributed by atoms with Crippen molar-refractivity contribution in [3.8, 4) is 11.5 Å². The average molecular weight is 634 g/mol. The van der Waals surface area contributed by atoms with Crippen LogP contribution < -0.4 is 0 Å². The number of methoxy groups -OCH3 is 1. The van der Waals surface area contributed by atoms with Gasteiger partial charge in [0.2, 0.25) is 0 Å². The minimum atomic E-state index is 0. The van der Waals surface area contributed by atoms with Crippen LogP contribution in [0, 0.1) is 88.1 Å². The summed E-state index contributed by atoms with van der Waals surface area (Å²) in [6, 6.07) is 4.37. The summed E-state index contributed by atoms with van der Waals surface area (Å²) in [4.78, 5) is 0. The molecule has 0 atom stereocenters. The van der Waals surface area contributed by atoms with Crippen LogP contribution in [0.3, 0.4) is 0 Å². The maximum Gasteiger partial charge on any atom is 0.126 e. The Balaban J connectivity index is 0. The van der Waals surface area contributed by atoms with Crippen molar-refractivity contribution in [1.29, 1.82) is 0 Å². The number of aromatic hydroxyl groups is 2. The van der Waals surface area contributed by atoms with E-state index in [0.29, 0.717) is 17.7 Å². The van der Waals surface area contributed by atoms with Crippen LogP contribution in [0.2, 0.25) is 0 Å².